The van der Waals surface area contributed by atoms with E-state index in [0.717, 1.165) is 67.5 Å². The molecule has 0 saturated carbocycles. The number of hydrogen-bond donors (Lipinski definition) is 6. The largest absolute Gasteiger partial charge is 0.397 e. The summed E-state index contributed by atoms with van der Waals surface area (Å²) in [6.07, 6.45) is 32.3. The lowest BCUT2D eigenvalue weighted by atomic mass is 10.1. The van der Waals surface area contributed by atoms with Crippen LogP contribution in [0.3, 0.4) is 0 Å². The van der Waals surface area contributed by atoms with Crippen molar-refractivity contribution in [2.24, 2.45) is 35.2 Å². The maximum atomic E-state index is 11.4. The zero-order valence-corrected chi connectivity index (χ0v) is 45.6. The van der Waals surface area contributed by atoms with E-state index in [1.807, 2.05) is 97.1 Å². The highest BCUT2D eigenvalue weighted by Crippen LogP contribution is 2.27. The van der Waals surface area contributed by atoms with Crippen LogP contribution in [0, 0.1) is 0 Å². The fraction of sp³-hybridized carbons (Fsp3) is 0.0847. The number of rotatable bonds is 6. The number of aromatic nitrogens is 15. The third-order valence-electron chi connectivity index (χ3n) is 12.2. The molecule has 82 heavy (non-hydrogen) atoms. The van der Waals surface area contributed by atoms with E-state index in [0.29, 0.717) is 34.1 Å². The standard InChI is InChI=1S/2C11H11N3O.C10H9N3.3C9H10N4/c1-14-7-8(2-3-11(14)15)9-4-5-13-6-10(9)12;1-14-10(3-2-4-11(14)15)8-5-6-13-7-9(8)12;11-9-7-12-6-4-8(9)10-3-1-2-5-13-10;1-13-9(3-5-12-13)7-2-4-11-6-8(7)10;1-13-6-12-5-9(13)7-2-3-11-4-8(7)10;1-13-5-4-12-9(13)7-2-3-11-6-8(7)10/h2*2-7H,12H2,1H3;1-7H,11H2;3*2-6H,10H2,1H3. The lowest BCUT2D eigenvalue weighted by molar-refractivity contribution is 0.776. The molecule has 12 aromatic heterocycles. The summed E-state index contributed by atoms with van der Waals surface area (Å²) in [4.78, 5) is 58.6. The minimum Gasteiger partial charge on any atom is -0.397 e. The Kier molecular flexibility index (Phi) is 19.9. The molecule has 0 aliphatic carbocycles. The van der Waals surface area contributed by atoms with Crippen molar-refractivity contribution in [3.05, 3.63) is 230 Å². The number of nitrogens with two attached hydrogens (primary N) is 6. The van der Waals surface area contributed by atoms with Crippen molar-refractivity contribution in [2.45, 2.75) is 0 Å². The first kappa shape index (κ1) is 58.1. The molecule has 0 bridgehead atoms. The molecule has 0 aliphatic heterocycles. The third kappa shape index (κ3) is 15.1. The summed E-state index contributed by atoms with van der Waals surface area (Å²) in [7, 11) is 9.18. The molecule has 23 nitrogen and oxygen atoms in total. The van der Waals surface area contributed by atoms with Gasteiger partial charge in [0, 0.05) is 154 Å². The fourth-order valence-corrected chi connectivity index (χ4v) is 7.83. The normalized spacial score (nSPS) is 10.2. The van der Waals surface area contributed by atoms with E-state index in [2.05, 4.69) is 50.0 Å². The number of hydrogen-bond acceptors (Lipinski definition) is 18. The molecule has 0 aromatic carbocycles. The fourth-order valence-electron chi connectivity index (χ4n) is 7.83. The van der Waals surface area contributed by atoms with Crippen LogP contribution in [0.15, 0.2) is 218 Å². The summed E-state index contributed by atoms with van der Waals surface area (Å²) < 4.78 is 8.71. The highest BCUT2D eigenvalue weighted by molar-refractivity contribution is 5.76. The van der Waals surface area contributed by atoms with Gasteiger partial charge in [0.25, 0.3) is 5.56 Å². The van der Waals surface area contributed by atoms with Crippen molar-refractivity contribution in [2.75, 3.05) is 34.4 Å². The van der Waals surface area contributed by atoms with E-state index >= 15 is 0 Å². The van der Waals surface area contributed by atoms with E-state index < -0.39 is 0 Å². The summed E-state index contributed by atoms with van der Waals surface area (Å²) >= 11 is 0. The second kappa shape index (κ2) is 28.1. The first-order chi connectivity index (χ1) is 39.6. The van der Waals surface area contributed by atoms with Gasteiger partial charge in [0.15, 0.2) is 0 Å². The van der Waals surface area contributed by atoms with Crippen LogP contribution in [0.1, 0.15) is 0 Å². The lowest BCUT2D eigenvalue weighted by Crippen LogP contribution is -2.16. The Morgan fingerprint density at radius 2 is 0.878 bits per heavy atom. The lowest BCUT2D eigenvalue weighted by Gasteiger charge is -2.09. The van der Waals surface area contributed by atoms with Gasteiger partial charge in [0.2, 0.25) is 5.56 Å². The molecule has 12 heterocycles. The van der Waals surface area contributed by atoms with E-state index in [4.69, 9.17) is 34.4 Å². The molecule has 0 aliphatic rings. The van der Waals surface area contributed by atoms with Crippen LogP contribution in [0.5, 0.6) is 0 Å². The molecular formula is C59H61N21O2. The zero-order chi connectivity index (χ0) is 58.5. The van der Waals surface area contributed by atoms with Crippen LogP contribution in [0.4, 0.5) is 34.1 Å². The van der Waals surface area contributed by atoms with Crippen LogP contribution < -0.4 is 45.5 Å². The monoisotopic (exact) mass is 1100 g/mol. The van der Waals surface area contributed by atoms with Crippen molar-refractivity contribution < 1.29 is 0 Å². The van der Waals surface area contributed by atoms with Gasteiger partial charge in [-0.15, -0.1) is 0 Å². The minimum absolute atomic E-state index is 0.0358. The second-order valence-corrected chi connectivity index (χ2v) is 17.8. The summed E-state index contributed by atoms with van der Waals surface area (Å²) in [6, 6.07) is 27.1. The molecule has 0 saturated heterocycles. The summed E-state index contributed by atoms with van der Waals surface area (Å²) in [5, 5.41) is 4.07. The predicted molar refractivity (Wildman–Crippen MR) is 323 cm³/mol. The van der Waals surface area contributed by atoms with E-state index in [9.17, 15) is 9.59 Å². The first-order valence-corrected chi connectivity index (χ1v) is 25.0. The molecule has 0 spiro atoms. The predicted octanol–water partition coefficient (Wildman–Crippen LogP) is 6.98. The van der Waals surface area contributed by atoms with Gasteiger partial charge in [-0.2, -0.15) is 5.10 Å². The topological polar surface area (TPSA) is 344 Å². The van der Waals surface area contributed by atoms with Gasteiger partial charge in [0.1, 0.15) is 5.82 Å². The van der Waals surface area contributed by atoms with Crippen LogP contribution in [0.2, 0.25) is 0 Å². The van der Waals surface area contributed by atoms with Gasteiger partial charge in [0.05, 0.1) is 107 Å². The minimum atomic E-state index is -0.0521. The van der Waals surface area contributed by atoms with Gasteiger partial charge < -0.3 is 52.7 Å². The van der Waals surface area contributed by atoms with Gasteiger partial charge in [-0.1, -0.05) is 12.1 Å². The maximum Gasteiger partial charge on any atom is 0.250 e. The highest BCUT2D eigenvalue weighted by atomic mass is 16.1. The van der Waals surface area contributed by atoms with Gasteiger partial charge in [-0.3, -0.25) is 49.2 Å². The van der Waals surface area contributed by atoms with E-state index in [1.54, 1.807) is 153 Å². The molecule has 414 valence electrons. The molecule has 12 rings (SSSR count). The van der Waals surface area contributed by atoms with E-state index in [-0.39, 0.29) is 11.1 Å². The Hall–Kier alpha value is -11.6. The molecule has 0 fully saturated rings. The number of imidazole rings is 2. The van der Waals surface area contributed by atoms with Crippen LogP contribution in [-0.2, 0) is 35.2 Å². The van der Waals surface area contributed by atoms with Crippen molar-refractivity contribution in [1.29, 1.82) is 0 Å². The van der Waals surface area contributed by atoms with Crippen molar-refractivity contribution in [1.82, 2.24) is 72.9 Å². The Morgan fingerprint density at radius 1 is 0.366 bits per heavy atom. The molecule has 0 unspecified atom stereocenters. The smallest absolute Gasteiger partial charge is 0.250 e. The molecule has 23 heteroatoms. The highest BCUT2D eigenvalue weighted by Gasteiger charge is 2.09. The average Bonchev–Trinajstić information content (AvgIpc) is 4.36. The number of nitrogens with zero attached hydrogens (tertiary/aromatic N) is 15. The second-order valence-electron chi connectivity index (χ2n) is 17.8. The first-order valence-electron chi connectivity index (χ1n) is 25.0. The number of pyridine rings is 9. The number of anilines is 6. The molecule has 12 N–H and O–H groups in total. The SMILES string of the molecule is Cn1c(-c2ccncc2N)cccc1=O.Cn1cc(-c2ccncc2N)ccc1=O.Cn1ccnc1-c1ccncc1N.Cn1cncc1-c1ccncc1N.Cn1nccc1-c1ccncc1N.Nc1cnccc1-c1ccccn1. The quantitative estimate of drug-likeness (QED) is 0.0978. The number of aryl methyl sites for hydroxylation is 4. The van der Waals surface area contributed by atoms with E-state index in [1.165, 1.54) is 16.7 Å². The third-order valence-corrected chi connectivity index (χ3v) is 12.2. The number of nitrogen functional groups attached to an aromatic ring is 6. The van der Waals surface area contributed by atoms with Gasteiger partial charge in [-0.05, 0) is 66.7 Å². The maximum absolute atomic E-state index is 11.4. The summed E-state index contributed by atoms with van der Waals surface area (Å²) in [5.74, 6) is 0.861. The summed E-state index contributed by atoms with van der Waals surface area (Å²) in [6.45, 7) is 0. The van der Waals surface area contributed by atoms with Crippen LogP contribution in [0.25, 0.3) is 67.5 Å². The Labute approximate surface area is 472 Å². The molecule has 0 amide bonds. The van der Waals surface area contributed by atoms with Crippen molar-refractivity contribution in [3.8, 4) is 67.5 Å². The molecule has 0 radical (unpaired) electrons. The van der Waals surface area contributed by atoms with Gasteiger partial charge in [-0.25, -0.2) is 9.97 Å². The van der Waals surface area contributed by atoms with Gasteiger partial charge >= 0.3 is 0 Å². The zero-order valence-electron chi connectivity index (χ0n) is 45.6. The van der Waals surface area contributed by atoms with Crippen LogP contribution in [-0.4, -0.2) is 72.9 Å². The summed E-state index contributed by atoms with van der Waals surface area (Å²) in [5.41, 5.74) is 48.5. The Bertz CT molecular complexity index is 3920. The Morgan fingerprint density at radius 3 is 1.33 bits per heavy atom. The van der Waals surface area contributed by atoms with Crippen molar-refractivity contribution >= 4 is 34.1 Å². The van der Waals surface area contributed by atoms with Crippen molar-refractivity contribution in [3.63, 3.8) is 0 Å². The molecular weight excluding hydrogens is 1030 g/mol. The average molecular weight is 1100 g/mol. The molecule has 0 atom stereocenters. The Balaban J connectivity index is 0.000000142. The molecule has 12 aromatic rings. The van der Waals surface area contributed by atoms with Crippen LogP contribution >= 0.6 is 0 Å².